The molecule has 2 aliphatic rings. The molecule has 6 heteroatoms. The highest BCUT2D eigenvalue weighted by molar-refractivity contribution is 5.96. The summed E-state index contributed by atoms with van der Waals surface area (Å²) in [5.74, 6) is 1.25. The lowest BCUT2D eigenvalue weighted by atomic mass is 10.0. The monoisotopic (exact) mass is 305 g/mol. The fourth-order valence-electron chi connectivity index (χ4n) is 2.92. The van der Waals surface area contributed by atoms with Gasteiger partial charge in [-0.05, 0) is 19.8 Å². The molecule has 0 aromatic carbocycles. The van der Waals surface area contributed by atoms with Crippen LogP contribution in [0.25, 0.3) is 0 Å². The van der Waals surface area contributed by atoms with Crippen molar-refractivity contribution in [2.75, 3.05) is 26.2 Å². The van der Waals surface area contributed by atoms with E-state index in [1.807, 2.05) is 23.6 Å². The molecule has 0 spiro atoms. The summed E-state index contributed by atoms with van der Waals surface area (Å²) in [5, 5.41) is 3.94. The highest BCUT2D eigenvalue weighted by Crippen LogP contribution is 2.31. The molecule has 0 radical (unpaired) electrons. The van der Waals surface area contributed by atoms with Gasteiger partial charge in [0.05, 0.1) is 5.69 Å². The third-order valence-corrected chi connectivity index (χ3v) is 4.43. The summed E-state index contributed by atoms with van der Waals surface area (Å²) >= 11 is 0. The standard InChI is InChI=1S/C16H23N3O3/c1-10(2)14-13(11(3)17-22-14)16(21)19-8-6-18(7-9-19)15(20)12-4-5-12/h10,12H,4-9H2,1-3H3. The predicted molar refractivity (Wildman–Crippen MR) is 80.5 cm³/mol. The van der Waals surface area contributed by atoms with Crippen LogP contribution < -0.4 is 0 Å². The molecule has 1 saturated carbocycles. The van der Waals surface area contributed by atoms with E-state index in [0.29, 0.717) is 43.2 Å². The molecule has 0 N–H and O–H groups in total. The first-order valence-corrected chi connectivity index (χ1v) is 8.03. The number of amides is 2. The average molecular weight is 305 g/mol. The van der Waals surface area contributed by atoms with Crippen LogP contribution in [0.4, 0.5) is 0 Å². The summed E-state index contributed by atoms with van der Waals surface area (Å²) in [6.07, 6.45) is 2.05. The summed E-state index contributed by atoms with van der Waals surface area (Å²) in [6, 6.07) is 0. The minimum atomic E-state index is -0.0269. The summed E-state index contributed by atoms with van der Waals surface area (Å²) in [7, 11) is 0. The Labute approximate surface area is 130 Å². The van der Waals surface area contributed by atoms with Crippen molar-refractivity contribution in [3.05, 3.63) is 17.0 Å². The number of rotatable bonds is 3. The second kappa shape index (κ2) is 5.74. The topological polar surface area (TPSA) is 66.7 Å². The van der Waals surface area contributed by atoms with Gasteiger partial charge in [0, 0.05) is 38.0 Å². The maximum atomic E-state index is 12.8. The molecule has 0 atom stereocenters. The van der Waals surface area contributed by atoms with Gasteiger partial charge in [-0.1, -0.05) is 19.0 Å². The zero-order chi connectivity index (χ0) is 15.9. The van der Waals surface area contributed by atoms with Crippen molar-refractivity contribution in [1.29, 1.82) is 0 Å². The number of nitrogens with zero attached hydrogens (tertiary/aromatic N) is 3. The van der Waals surface area contributed by atoms with Gasteiger partial charge in [-0.25, -0.2) is 0 Å². The Kier molecular flexibility index (Phi) is 3.93. The number of aryl methyl sites for hydroxylation is 1. The third-order valence-electron chi connectivity index (χ3n) is 4.43. The third kappa shape index (κ3) is 2.74. The molecule has 2 heterocycles. The van der Waals surface area contributed by atoms with Crippen molar-refractivity contribution in [2.24, 2.45) is 5.92 Å². The van der Waals surface area contributed by atoms with Crippen molar-refractivity contribution < 1.29 is 14.1 Å². The number of carbonyl (C=O) groups excluding carboxylic acids is 2. The van der Waals surface area contributed by atoms with Crippen molar-refractivity contribution in [3.63, 3.8) is 0 Å². The summed E-state index contributed by atoms with van der Waals surface area (Å²) in [6.45, 7) is 8.20. The van der Waals surface area contributed by atoms with E-state index in [9.17, 15) is 9.59 Å². The lowest BCUT2D eigenvalue weighted by Gasteiger charge is -2.35. The molecule has 22 heavy (non-hydrogen) atoms. The van der Waals surface area contributed by atoms with Crippen LogP contribution in [-0.2, 0) is 4.79 Å². The molecule has 6 nitrogen and oxygen atoms in total. The summed E-state index contributed by atoms with van der Waals surface area (Å²) < 4.78 is 5.31. The Balaban J connectivity index is 1.67. The second-order valence-electron chi connectivity index (χ2n) is 6.55. The van der Waals surface area contributed by atoms with Gasteiger partial charge < -0.3 is 14.3 Å². The van der Waals surface area contributed by atoms with Gasteiger partial charge >= 0.3 is 0 Å². The van der Waals surface area contributed by atoms with E-state index in [2.05, 4.69) is 5.16 Å². The van der Waals surface area contributed by atoms with Crippen LogP contribution in [0.15, 0.2) is 4.52 Å². The number of aromatic nitrogens is 1. The Morgan fingerprint density at radius 3 is 2.27 bits per heavy atom. The smallest absolute Gasteiger partial charge is 0.259 e. The molecule has 0 bridgehead atoms. The van der Waals surface area contributed by atoms with Crippen molar-refractivity contribution in [1.82, 2.24) is 15.0 Å². The van der Waals surface area contributed by atoms with Crippen molar-refractivity contribution in [3.8, 4) is 0 Å². The van der Waals surface area contributed by atoms with E-state index in [1.54, 1.807) is 6.92 Å². The molecule has 3 rings (SSSR count). The predicted octanol–water partition coefficient (Wildman–Crippen LogP) is 1.80. The number of hydrogen-bond acceptors (Lipinski definition) is 4. The number of piperazine rings is 1. The molecule has 2 fully saturated rings. The Hall–Kier alpha value is -1.85. The van der Waals surface area contributed by atoms with Gasteiger partial charge in [0.25, 0.3) is 5.91 Å². The lowest BCUT2D eigenvalue weighted by molar-refractivity contribution is -0.134. The van der Waals surface area contributed by atoms with E-state index in [0.717, 1.165) is 12.8 Å². The van der Waals surface area contributed by atoms with Crippen LogP contribution in [0.5, 0.6) is 0 Å². The zero-order valence-electron chi connectivity index (χ0n) is 13.5. The zero-order valence-corrected chi connectivity index (χ0v) is 13.5. The largest absolute Gasteiger partial charge is 0.360 e. The van der Waals surface area contributed by atoms with Gasteiger partial charge in [-0.15, -0.1) is 0 Å². The minimum absolute atomic E-state index is 0.0269. The van der Waals surface area contributed by atoms with Crippen LogP contribution >= 0.6 is 0 Å². The minimum Gasteiger partial charge on any atom is -0.360 e. The van der Waals surface area contributed by atoms with E-state index in [-0.39, 0.29) is 23.7 Å². The summed E-state index contributed by atoms with van der Waals surface area (Å²) in [5.41, 5.74) is 1.24. The number of carbonyl (C=O) groups is 2. The normalized spacial score (nSPS) is 18.9. The SMILES string of the molecule is Cc1noc(C(C)C)c1C(=O)N1CCN(C(=O)C2CC2)CC1. The van der Waals surface area contributed by atoms with Crippen LogP contribution in [0, 0.1) is 12.8 Å². The summed E-state index contributed by atoms with van der Waals surface area (Å²) in [4.78, 5) is 28.5. The van der Waals surface area contributed by atoms with Crippen LogP contribution in [0.2, 0.25) is 0 Å². The molecular weight excluding hydrogens is 282 g/mol. The highest BCUT2D eigenvalue weighted by Gasteiger charge is 2.36. The van der Waals surface area contributed by atoms with E-state index in [1.165, 1.54) is 0 Å². The highest BCUT2D eigenvalue weighted by atomic mass is 16.5. The van der Waals surface area contributed by atoms with E-state index in [4.69, 9.17) is 4.52 Å². The molecule has 1 aromatic heterocycles. The molecule has 1 aromatic rings. The van der Waals surface area contributed by atoms with Gasteiger partial charge in [-0.3, -0.25) is 9.59 Å². The second-order valence-corrected chi connectivity index (χ2v) is 6.55. The lowest BCUT2D eigenvalue weighted by Crippen LogP contribution is -2.51. The van der Waals surface area contributed by atoms with Crippen LogP contribution in [-0.4, -0.2) is 52.9 Å². The molecule has 1 aliphatic heterocycles. The molecule has 1 aliphatic carbocycles. The van der Waals surface area contributed by atoms with Crippen LogP contribution in [0.3, 0.4) is 0 Å². The first kappa shape index (κ1) is 15.1. The van der Waals surface area contributed by atoms with Gasteiger partial charge in [-0.2, -0.15) is 0 Å². The van der Waals surface area contributed by atoms with E-state index >= 15 is 0 Å². The Bertz CT molecular complexity index is 581. The van der Waals surface area contributed by atoms with Crippen LogP contribution in [0.1, 0.15) is 54.4 Å². The van der Waals surface area contributed by atoms with Crippen molar-refractivity contribution >= 4 is 11.8 Å². The Morgan fingerprint density at radius 1 is 1.14 bits per heavy atom. The Morgan fingerprint density at radius 2 is 1.73 bits per heavy atom. The molecule has 2 amide bonds. The maximum Gasteiger partial charge on any atom is 0.259 e. The molecule has 120 valence electrons. The average Bonchev–Trinajstić information content (AvgIpc) is 3.28. The first-order valence-electron chi connectivity index (χ1n) is 8.03. The quantitative estimate of drug-likeness (QED) is 0.854. The van der Waals surface area contributed by atoms with E-state index < -0.39 is 0 Å². The van der Waals surface area contributed by atoms with Gasteiger partial charge in [0.1, 0.15) is 5.56 Å². The van der Waals surface area contributed by atoms with Gasteiger partial charge in [0.15, 0.2) is 5.76 Å². The molecular formula is C16H23N3O3. The number of hydrogen-bond donors (Lipinski definition) is 0. The molecule has 0 unspecified atom stereocenters. The van der Waals surface area contributed by atoms with Gasteiger partial charge in [0.2, 0.25) is 5.91 Å². The molecule has 1 saturated heterocycles. The van der Waals surface area contributed by atoms with Crippen molar-refractivity contribution in [2.45, 2.75) is 39.5 Å². The fraction of sp³-hybridized carbons (Fsp3) is 0.688. The maximum absolute atomic E-state index is 12.8. The fourth-order valence-corrected chi connectivity index (χ4v) is 2.92. The first-order chi connectivity index (χ1) is 10.5.